The maximum absolute atomic E-state index is 9.92. The minimum absolute atomic E-state index is 0.152. The standard InChI is InChI=1S/C43H47N4O2/c1-42(2)36(46(24-12-26-48)34-22-20-32-38(40(34)42)28-14-7-9-16-30(28)44(32)5)18-11-19-37-43(3,4)41-35(47(37)25-13-27-49)23-21-33-39(41)29-15-8-10-17-31(29)45(33)6/h7-11,14-23,48-49H,12-13,24-27H2,1-6H3/q+1. The summed E-state index contributed by atoms with van der Waals surface area (Å²) in [4.78, 5) is 2.43. The zero-order valence-corrected chi connectivity index (χ0v) is 29.6. The lowest BCUT2D eigenvalue weighted by Gasteiger charge is -2.27. The molecule has 6 heteroatoms. The van der Waals surface area contributed by atoms with E-state index < -0.39 is 0 Å². The third kappa shape index (κ3) is 4.43. The van der Waals surface area contributed by atoms with Gasteiger partial charge in [0.15, 0.2) is 12.3 Å². The molecule has 2 aliphatic rings. The van der Waals surface area contributed by atoms with Gasteiger partial charge in [-0.15, -0.1) is 0 Å². The van der Waals surface area contributed by atoms with E-state index in [-0.39, 0.29) is 24.0 Å². The molecule has 49 heavy (non-hydrogen) atoms. The number of hydrogen-bond donors (Lipinski definition) is 2. The highest BCUT2D eigenvalue weighted by Gasteiger charge is 2.46. The number of benzene rings is 4. The molecule has 4 aromatic carbocycles. The fraction of sp³-hybridized carbons (Fsp3) is 0.326. The van der Waals surface area contributed by atoms with Gasteiger partial charge in [-0.05, 0) is 62.2 Å². The third-order valence-electron chi connectivity index (χ3n) is 11.4. The van der Waals surface area contributed by atoms with Crippen molar-refractivity contribution in [1.82, 2.24) is 9.13 Å². The van der Waals surface area contributed by atoms with E-state index in [4.69, 9.17) is 0 Å². The monoisotopic (exact) mass is 651 g/mol. The van der Waals surface area contributed by atoms with Crippen molar-refractivity contribution in [1.29, 1.82) is 0 Å². The SMILES string of the molecule is Cn1c2ccccc2c2c3c(ccc21)[N+](CCCO)=C(/C=C/C=C1/N(CCCO)c2ccc4c(c2C1(C)C)c1ccccc1n4C)C3(C)C. The summed E-state index contributed by atoms with van der Waals surface area (Å²) >= 11 is 0. The van der Waals surface area contributed by atoms with Gasteiger partial charge in [0.1, 0.15) is 0 Å². The number of rotatable bonds is 8. The number of aliphatic hydroxyl groups is 2. The Balaban J connectivity index is 1.28. The minimum atomic E-state index is -0.261. The van der Waals surface area contributed by atoms with Crippen LogP contribution in [0.4, 0.5) is 11.4 Å². The van der Waals surface area contributed by atoms with Crippen molar-refractivity contribution in [2.75, 3.05) is 31.2 Å². The Bertz CT molecular complexity index is 2400. The van der Waals surface area contributed by atoms with Gasteiger partial charge in [-0.3, -0.25) is 0 Å². The van der Waals surface area contributed by atoms with Gasteiger partial charge in [0.05, 0.1) is 5.41 Å². The van der Waals surface area contributed by atoms with Gasteiger partial charge in [-0.25, -0.2) is 0 Å². The van der Waals surface area contributed by atoms with E-state index in [9.17, 15) is 10.2 Å². The molecular formula is C43H47N4O2+. The number of allylic oxidation sites excluding steroid dienone is 4. The number of nitrogens with zero attached hydrogens (tertiary/aromatic N) is 4. The number of aliphatic hydroxyl groups excluding tert-OH is 2. The molecule has 0 saturated heterocycles. The zero-order valence-electron chi connectivity index (χ0n) is 29.6. The van der Waals surface area contributed by atoms with Crippen LogP contribution in [0.2, 0.25) is 0 Å². The molecule has 6 nitrogen and oxygen atoms in total. The second-order valence-corrected chi connectivity index (χ2v) is 14.9. The Kier molecular flexibility index (Phi) is 7.40. The van der Waals surface area contributed by atoms with Gasteiger partial charge in [0, 0.05) is 118 Å². The zero-order chi connectivity index (χ0) is 34.2. The van der Waals surface area contributed by atoms with Crippen LogP contribution in [0.3, 0.4) is 0 Å². The molecule has 0 spiro atoms. The first-order valence-electron chi connectivity index (χ1n) is 17.7. The van der Waals surface area contributed by atoms with Crippen LogP contribution in [-0.4, -0.2) is 55.9 Å². The normalized spacial score (nSPS) is 17.6. The van der Waals surface area contributed by atoms with Crippen LogP contribution >= 0.6 is 0 Å². The molecule has 0 atom stereocenters. The van der Waals surface area contributed by atoms with E-state index in [1.807, 2.05) is 0 Å². The molecule has 0 bridgehead atoms. The molecular weight excluding hydrogens is 604 g/mol. The molecule has 250 valence electrons. The van der Waals surface area contributed by atoms with Crippen LogP contribution in [0.1, 0.15) is 51.7 Å². The fourth-order valence-electron chi connectivity index (χ4n) is 9.15. The molecule has 0 aliphatic carbocycles. The Morgan fingerprint density at radius 2 is 1.27 bits per heavy atom. The van der Waals surface area contributed by atoms with Gasteiger partial charge in [0.2, 0.25) is 5.69 Å². The largest absolute Gasteiger partial charge is 0.396 e. The lowest BCUT2D eigenvalue weighted by molar-refractivity contribution is -0.438. The number of para-hydroxylation sites is 2. The molecule has 0 unspecified atom stereocenters. The summed E-state index contributed by atoms with van der Waals surface area (Å²) in [5.74, 6) is 0. The highest BCUT2D eigenvalue weighted by molar-refractivity contribution is 6.16. The quantitative estimate of drug-likeness (QED) is 0.163. The van der Waals surface area contributed by atoms with Crippen LogP contribution in [0.15, 0.2) is 96.7 Å². The van der Waals surface area contributed by atoms with Crippen LogP contribution in [0.25, 0.3) is 43.6 Å². The van der Waals surface area contributed by atoms with Crippen LogP contribution in [0, 0.1) is 0 Å². The Morgan fingerprint density at radius 3 is 1.90 bits per heavy atom. The Morgan fingerprint density at radius 1 is 0.673 bits per heavy atom. The first-order chi connectivity index (χ1) is 23.6. The van der Waals surface area contributed by atoms with Gasteiger partial charge in [0.25, 0.3) is 0 Å². The van der Waals surface area contributed by atoms with Crippen LogP contribution in [-0.2, 0) is 24.9 Å². The first-order valence-corrected chi connectivity index (χ1v) is 17.7. The van der Waals surface area contributed by atoms with E-state index >= 15 is 0 Å². The number of anilines is 1. The summed E-state index contributed by atoms with van der Waals surface area (Å²) in [7, 11) is 4.32. The van der Waals surface area contributed by atoms with Crippen LogP contribution in [0.5, 0.6) is 0 Å². The highest BCUT2D eigenvalue weighted by atomic mass is 16.3. The molecule has 2 N–H and O–H groups in total. The van der Waals surface area contributed by atoms with Gasteiger partial charge >= 0.3 is 0 Å². The van der Waals surface area contributed by atoms with Crippen molar-refractivity contribution in [2.45, 2.75) is 51.4 Å². The molecule has 0 amide bonds. The lowest BCUT2D eigenvalue weighted by Crippen LogP contribution is -2.28. The predicted octanol–water partition coefficient (Wildman–Crippen LogP) is 8.36. The summed E-state index contributed by atoms with van der Waals surface area (Å²) in [6.07, 6.45) is 8.24. The average molecular weight is 652 g/mol. The molecule has 0 fully saturated rings. The minimum Gasteiger partial charge on any atom is -0.396 e. The molecule has 0 radical (unpaired) electrons. The molecule has 8 rings (SSSR count). The second kappa shape index (κ2) is 11.5. The van der Waals surface area contributed by atoms with Crippen molar-refractivity contribution in [3.63, 3.8) is 0 Å². The van der Waals surface area contributed by atoms with Crippen molar-refractivity contribution >= 4 is 60.7 Å². The van der Waals surface area contributed by atoms with Crippen molar-refractivity contribution in [3.8, 4) is 0 Å². The molecule has 2 aliphatic heterocycles. The van der Waals surface area contributed by atoms with E-state index in [2.05, 4.69) is 151 Å². The number of hydrogen-bond acceptors (Lipinski definition) is 3. The topological polar surface area (TPSA) is 56.6 Å². The predicted molar refractivity (Wildman–Crippen MR) is 205 cm³/mol. The van der Waals surface area contributed by atoms with Crippen molar-refractivity contribution in [2.24, 2.45) is 14.1 Å². The lowest BCUT2D eigenvalue weighted by atomic mass is 9.79. The van der Waals surface area contributed by atoms with E-state index in [1.54, 1.807) is 0 Å². The maximum atomic E-state index is 9.92. The van der Waals surface area contributed by atoms with Gasteiger partial charge in [-0.2, -0.15) is 4.58 Å². The van der Waals surface area contributed by atoms with Gasteiger partial charge < -0.3 is 24.2 Å². The molecule has 6 aromatic rings. The summed E-state index contributed by atoms with van der Waals surface area (Å²) in [6, 6.07) is 26.5. The summed E-state index contributed by atoms with van der Waals surface area (Å²) in [5.41, 5.74) is 12.1. The second-order valence-electron chi connectivity index (χ2n) is 14.9. The fourth-order valence-corrected chi connectivity index (χ4v) is 9.15. The van der Waals surface area contributed by atoms with E-state index in [0.717, 1.165) is 13.1 Å². The maximum Gasteiger partial charge on any atom is 0.210 e. The smallest absolute Gasteiger partial charge is 0.210 e. The Labute approximate surface area is 288 Å². The highest BCUT2D eigenvalue weighted by Crippen LogP contribution is 2.53. The summed E-state index contributed by atoms with van der Waals surface area (Å²) < 4.78 is 7.05. The molecule has 4 heterocycles. The summed E-state index contributed by atoms with van der Waals surface area (Å²) in [5, 5.41) is 25.0. The molecule has 2 aromatic heterocycles. The third-order valence-corrected chi connectivity index (χ3v) is 11.4. The van der Waals surface area contributed by atoms with E-state index in [1.165, 1.54) is 77.5 Å². The average Bonchev–Trinajstić information content (AvgIpc) is 3.71. The van der Waals surface area contributed by atoms with Crippen molar-refractivity contribution in [3.05, 3.63) is 108 Å². The van der Waals surface area contributed by atoms with Gasteiger partial charge in [-0.1, -0.05) is 56.3 Å². The first kappa shape index (κ1) is 31.6. The molecule has 0 saturated carbocycles. The number of aryl methyl sites for hydroxylation is 2. The van der Waals surface area contributed by atoms with Crippen LogP contribution < -0.4 is 4.90 Å². The number of aromatic nitrogens is 2. The van der Waals surface area contributed by atoms with E-state index in [0.29, 0.717) is 12.8 Å². The summed E-state index contributed by atoms with van der Waals surface area (Å²) in [6.45, 7) is 11.2. The number of fused-ring (bicyclic) bond motifs is 10. The Hall–Kier alpha value is -4.65. The van der Waals surface area contributed by atoms with Crippen molar-refractivity contribution < 1.29 is 14.8 Å².